The van der Waals surface area contributed by atoms with Crippen LogP contribution in [0.15, 0.2) is 24.3 Å². The lowest BCUT2D eigenvalue weighted by Gasteiger charge is -2.06. The monoisotopic (exact) mass is 372 g/mol. The van der Waals surface area contributed by atoms with Gasteiger partial charge >= 0.3 is 0 Å². The van der Waals surface area contributed by atoms with E-state index in [1.54, 1.807) is 0 Å². The molecule has 1 aromatic rings. The summed E-state index contributed by atoms with van der Waals surface area (Å²) in [7, 11) is 0. The Balaban J connectivity index is 1.67. The lowest BCUT2D eigenvalue weighted by Crippen LogP contribution is -2.29. The number of hydrogen-bond acceptors (Lipinski definition) is 2. The van der Waals surface area contributed by atoms with E-state index >= 15 is 0 Å². The topological polar surface area (TPSA) is 58.2 Å². The zero-order valence-electron chi connectivity index (χ0n) is 10.8. The van der Waals surface area contributed by atoms with Crippen LogP contribution in [0.1, 0.15) is 19.8 Å². The number of halogens is 1. The molecular weight excluding hydrogens is 355 g/mol. The Morgan fingerprint density at radius 3 is 2.53 bits per heavy atom. The van der Waals surface area contributed by atoms with E-state index in [1.165, 1.54) is 0 Å². The summed E-state index contributed by atoms with van der Waals surface area (Å²) in [6.45, 7) is 2.46. The molecule has 1 aromatic carbocycles. The molecule has 2 N–H and O–H groups in total. The summed E-state index contributed by atoms with van der Waals surface area (Å²) in [6, 6.07) is 7.60. The first-order valence-corrected chi connectivity index (χ1v) is 7.47. The predicted octanol–water partition coefficient (Wildman–Crippen LogP) is 2.39. The highest BCUT2D eigenvalue weighted by Gasteiger charge is 2.38. The fraction of sp³-hybridized carbons (Fsp3) is 0.429. The largest absolute Gasteiger partial charge is 0.355 e. The summed E-state index contributed by atoms with van der Waals surface area (Å²) in [6.07, 6.45) is 1.28. The standard InChI is InChI=1S/C14H17IN2O2/c1-9-8-12(9)14(19)16-7-6-13(18)17-11-4-2-10(15)3-5-11/h2-5,9,12H,6-8H2,1H3,(H,16,19)(H,17,18)/t9-,12+/m0/s1. The molecular formula is C14H17IN2O2. The van der Waals surface area contributed by atoms with Gasteiger partial charge in [-0.05, 0) is 59.2 Å². The lowest BCUT2D eigenvalue weighted by molar-refractivity contribution is -0.122. The van der Waals surface area contributed by atoms with Gasteiger partial charge in [0.15, 0.2) is 0 Å². The molecule has 0 radical (unpaired) electrons. The van der Waals surface area contributed by atoms with Gasteiger partial charge in [0, 0.05) is 28.1 Å². The molecule has 5 heteroatoms. The van der Waals surface area contributed by atoms with Crippen molar-refractivity contribution in [3.05, 3.63) is 27.8 Å². The van der Waals surface area contributed by atoms with Crippen LogP contribution in [-0.4, -0.2) is 18.4 Å². The fourth-order valence-electron chi connectivity index (χ4n) is 1.87. The highest BCUT2D eigenvalue weighted by atomic mass is 127. The van der Waals surface area contributed by atoms with Crippen LogP contribution in [0, 0.1) is 15.4 Å². The van der Waals surface area contributed by atoms with Gasteiger partial charge in [-0.15, -0.1) is 0 Å². The maximum absolute atomic E-state index is 11.7. The predicted molar refractivity (Wildman–Crippen MR) is 82.7 cm³/mol. The van der Waals surface area contributed by atoms with E-state index in [0.717, 1.165) is 15.7 Å². The average molecular weight is 372 g/mol. The van der Waals surface area contributed by atoms with Crippen LogP contribution in [0.2, 0.25) is 0 Å². The Labute approximate surface area is 126 Å². The zero-order valence-corrected chi connectivity index (χ0v) is 12.9. The number of amides is 2. The molecule has 2 rings (SSSR count). The third-order valence-corrected chi connectivity index (χ3v) is 3.94. The van der Waals surface area contributed by atoms with Crippen LogP contribution < -0.4 is 10.6 Å². The van der Waals surface area contributed by atoms with E-state index in [0.29, 0.717) is 18.9 Å². The average Bonchev–Trinajstić information content (AvgIpc) is 3.09. The van der Waals surface area contributed by atoms with Gasteiger partial charge in [0.1, 0.15) is 0 Å². The minimum Gasteiger partial charge on any atom is -0.355 e. The van der Waals surface area contributed by atoms with Crippen molar-refractivity contribution in [2.45, 2.75) is 19.8 Å². The summed E-state index contributed by atoms with van der Waals surface area (Å²) in [5.74, 6) is 0.666. The molecule has 1 aliphatic rings. The van der Waals surface area contributed by atoms with Crippen LogP contribution in [0.25, 0.3) is 0 Å². The van der Waals surface area contributed by atoms with E-state index in [9.17, 15) is 9.59 Å². The van der Waals surface area contributed by atoms with Gasteiger partial charge in [-0.2, -0.15) is 0 Å². The van der Waals surface area contributed by atoms with Crippen LogP contribution >= 0.6 is 22.6 Å². The molecule has 0 heterocycles. The molecule has 2 atom stereocenters. The van der Waals surface area contributed by atoms with Crippen molar-refractivity contribution < 1.29 is 9.59 Å². The summed E-state index contributed by atoms with van der Waals surface area (Å²) in [5, 5.41) is 5.60. The minimum absolute atomic E-state index is 0.0783. The smallest absolute Gasteiger partial charge is 0.226 e. The number of benzene rings is 1. The van der Waals surface area contributed by atoms with E-state index < -0.39 is 0 Å². The maximum atomic E-state index is 11.7. The summed E-state index contributed by atoms with van der Waals surface area (Å²) >= 11 is 2.21. The van der Waals surface area contributed by atoms with E-state index in [4.69, 9.17) is 0 Å². The molecule has 19 heavy (non-hydrogen) atoms. The molecule has 1 fully saturated rings. The first kappa shape index (κ1) is 14.3. The van der Waals surface area contributed by atoms with Crippen LogP contribution in [0.3, 0.4) is 0 Å². The van der Waals surface area contributed by atoms with Gasteiger partial charge in [-0.3, -0.25) is 9.59 Å². The van der Waals surface area contributed by atoms with Crippen molar-refractivity contribution in [2.75, 3.05) is 11.9 Å². The van der Waals surface area contributed by atoms with Gasteiger partial charge in [-0.25, -0.2) is 0 Å². The summed E-state index contributed by atoms with van der Waals surface area (Å²) in [5.41, 5.74) is 0.785. The SMILES string of the molecule is C[C@H]1C[C@H]1C(=O)NCCC(=O)Nc1ccc(I)cc1. The highest BCUT2D eigenvalue weighted by molar-refractivity contribution is 14.1. The quantitative estimate of drug-likeness (QED) is 0.780. The zero-order chi connectivity index (χ0) is 13.8. The molecule has 0 saturated heterocycles. The van der Waals surface area contributed by atoms with Gasteiger partial charge in [-0.1, -0.05) is 6.92 Å². The second-order valence-electron chi connectivity index (χ2n) is 4.92. The van der Waals surface area contributed by atoms with Gasteiger partial charge in [0.2, 0.25) is 11.8 Å². The number of anilines is 1. The highest BCUT2D eigenvalue weighted by Crippen LogP contribution is 2.37. The Kier molecular flexibility index (Phi) is 4.79. The third-order valence-electron chi connectivity index (χ3n) is 3.23. The Morgan fingerprint density at radius 2 is 1.95 bits per heavy atom. The van der Waals surface area contributed by atoms with Gasteiger partial charge < -0.3 is 10.6 Å². The fourth-order valence-corrected chi connectivity index (χ4v) is 2.23. The second-order valence-corrected chi connectivity index (χ2v) is 6.16. The molecule has 1 saturated carbocycles. The molecule has 0 aromatic heterocycles. The van der Waals surface area contributed by atoms with Crippen LogP contribution in [-0.2, 0) is 9.59 Å². The molecule has 0 aliphatic heterocycles. The number of carbonyl (C=O) groups is 2. The lowest BCUT2D eigenvalue weighted by atomic mass is 10.3. The summed E-state index contributed by atoms with van der Waals surface area (Å²) in [4.78, 5) is 23.2. The minimum atomic E-state index is -0.0784. The number of rotatable bonds is 5. The van der Waals surface area contributed by atoms with E-state index in [2.05, 4.69) is 40.1 Å². The van der Waals surface area contributed by atoms with Crippen molar-refractivity contribution >= 4 is 40.1 Å². The van der Waals surface area contributed by atoms with Crippen molar-refractivity contribution in [1.82, 2.24) is 5.32 Å². The second kappa shape index (κ2) is 6.36. The van der Waals surface area contributed by atoms with Crippen molar-refractivity contribution in [2.24, 2.45) is 11.8 Å². The van der Waals surface area contributed by atoms with Crippen molar-refractivity contribution in [3.8, 4) is 0 Å². The molecule has 102 valence electrons. The van der Waals surface area contributed by atoms with Crippen LogP contribution in [0.4, 0.5) is 5.69 Å². The van der Waals surface area contributed by atoms with E-state index in [-0.39, 0.29) is 17.7 Å². The van der Waals surface area contributed by atoms with Gasteiger partial charge in [0.25, 0.3) is 0 Å². The van der Waals surface area contributed by atoms with Crippen molar-refractivity contribution in [1.29, 1.82) is 0 Å². The van der Waals surface area contributed by atoms with E-state index in [1.807, 2.05) is 24.3 Å². The van der Waals surface area contributed by atoms with Crippen molar-refractivity contribution in [3.63, 3.8) is 0 Å². The third kappa shape index (κ3) is 4.49. The number of hydrogen-bond donors (Lipinski definition) is 2. The Hall–Kier alpha value is -1.11. The molecule has 0 spiro atoms. The summed E-state index contributed by atoms with van der Waals surface area (Å²) < 4.78 is 1.13. The van der Waals surface area contributed by atoms with Crippen LogP contribution in [0.5, 0.6) is 0 Å². The molecule has 4 nitrogen and oxygen atoms in total. The number of carbonyl (C=O) groups excluding carboxylic acids is 2. The first-order chi connectivity index (χ1) is 9.06. The molecule has 2 amide bonds. The molecule has 0 bridgehead atoms. The first-order valence-electron chi connectivity index (χ1n) is 6.39. The molecule has 0 unspecified atom stereocenters. The Morgan fingerprint density at radius 1 is 1.32 bits per heavy atom. The molecule has 1 aliphatic carbocycles. The maximum Gasteiger partial charge on any atom is 0.226 e. The number of nitrogens with one attached hydrogen (secondary N) is 2. The Bertz CT molecular complexity index is 473. The van der Waals surface area contributed by atoms with Gasteiger partial charge in [0.05, 0.1) is 0 Å². The normalized spacial score (nSPS) is 20.7.